The quantitative estimate of drug-likeness (QED) is 0.866. The van der Waals surface area contributed by atoms with E-state index in [9.17, 15) is 4.89 Å². The average molecular weight is 294 g/mol. The second kappa shape index (κ2) is 5.74. The Bertz CT molecular complexity index is 542. The lowest BCUT2D eigenvalue weighted by atomic mass is 10.2. The number of rotatable bonds is 4. The van der Waals surface area contributed by atoms with Crippen LogP contribution in [0.3, 0.4) is 0 Å². The molecule has 0 aromatic heterocycles. The van der Waals surface area contributed by atoms with Crippen LogP contribution in [0.4, 0.5) is 0 Å². The molecule has 0 amide bonds. The van der Waals surface area contributed by atoms with E-state index in [1.54, 1.807) is 24.3 Å². The third-order valence-electron chi connectivity index (χ3n) is 2.48. The minimum atomic E-state index is -3.33. The molecule has 1 N–H and O–H groups in total. The van der Waals surface area contributed by atoms with Crippen LogP contribution < -0.4 is 9.05 Å². The molecule has 0 aliphatic rings. The minimum absolute atomic E-state index is 0.503. The topological polar surface area (TPSA) is 38.7 Å². The Hall–Kier alpha value is -1.35. The first-order chi connectivity index (χ1) is 8.94. The molecule has 0 saturated heterocycles. The van der Waals surface area contributed by atoms with Crippen LogP contribution in [0, 0.1) is 13.8 Å². The summed E-state index contributed by atoms with van der Waals surface area (Å²) in [6.45, 7) is 0.614. The zero-order chi connectivity index (χ0) is 13.9. The van der Waals surface area contributed by atoms with E-state index in [0.29, 0.717) is 11.5 Å². The Balaban J connectivity index is 2.08. The van der Waals surface area contributed by atoms with Crippen molar-refractivity contribution in [1.29, 1.82) is 0 Å². The summed E-state index contributed by atoms with van der Waals surface area (Å²) < 4.78 is 10.7. The summed E-state index contributed by atoms with van der Waals surface area (Å²) in [5.41, 5.74) is 2.22. The predicted molar refractivity (Wildman–Crippen MR) is 80.1 cm³/mol. The smallest absolute Gasteiger partial charge is 0.416 e. The molecule has 3 nitrogen and oxygen atoms in total. The molecule has 0 unspecified atom stereocenters. The Morgan fingerprint density at radius 1 is 0.789 bits per heavy atom. The molecule has 0 aliphatic carbocycles. The van der Waals surface area contributed by atoms with Crippen LogP contribution in [-0.4, -0.2) is 4.89 Å². The lowest BCUT2D eigenvalue weighted by Crippen LogP contribution is -1.99. The summed E-state index contributed by atoms with van der Waals surface area (Å²) >= 11 is 5.00. The first kappa shape index (κ1) is 14.1. The van der Waals surface area contributed by atoms with Gasteiger partial charge in [0.2, 0.25) is 0 Å². The lowest BCUT2D eigenvalue weighted by molar-refractivity contribution is 0.377. The molecule has 5 heteroatoms. The van der Waals surface area contributed by atoms with Gasteiger partial charge in [-0.15, -0.1) is 0 Å². The Labute approximate surface area is 118 Å². The third-order valence-corrected chi connectivity index (χ3v) is 3.81. The normalized spacial score (nSPS) is 11.1. The molecule has 19 heavy (non-hydrogen) atoms. The van der Waals surface area contributed by atoms with Gasteiger partial charge in [0.25, 0.3) is 0 Å². The van der Waals surface area contributed by atoms with Crippen molar-refractivity contribution in [3.05, 3.63) is 59.7 Å². The number of hydrogen-bond donors (Lipinski definition) is 1. The van der Waals surface area contributed by atoms with E-state index >= 15 is 0 Å². The summed E-state index contributed by atoms with van der Waals surface area (Å²) in [4.78, 5) is 10.0. The number of hydrogen-bond acceptors (Lipinski definition) is 3. The van der Waals surface area contributed by atoms with Crippen molar-refractivity contribution in [2.75, 3.05) is 0 Å². The standard InChI is InChI=1S/C14H15O3PS/c1-11-3-7-13(8-4-11)16-18(15,19)17-14-9-5-12(2)6-10-14/h3-10H,1-2H3,(H,15,19). The van der Waals surface area contributed by atoms with Gasteiger partial charge in [-0.25, -0.2) is 0 Å². The van der Waals surface area contributed by atoms with Crippen LogP contribution >= 0.6 is 6.72 Å². The summed E-state index contributed by atoms with van der Waals surface area (Å²) in [6, 6.07) is 14.6. The summed E-state index contributed by atoms with van der Waals surface area (Å²) in [6.07, 6.45) is 0. The van der Waals surface area contributed by atoms with Gasteiger partial charge in [0.05, 0.1) is 0 Å². The van der Waals surface area contributed by atoms with Gasteiger partial charge < -0.3 is 13.9 Å². The Morgan fingerprint density at radius 2 is 1.11 bits per heavy atom. The fraction of sp³-hybridized carbons (Fsp3) is 0.143. The molecule has 2 aromatic rings. The summed E-state index contributed by atoms with van der Waals surface area (Å²) in [5, 5.41) is 0. The van der Waals surface area contributed by atoms with Crippen molar-refractivity contribution < 1.29 is 13.9 Å². The third kappa shape index (κ3) is 4.35. The Kier molecular flexibility index (Phi) is 4.25. The van der Waals surface area contributed by atoms with Gasteiger partial charge in [-0.05, 0) is 38.1 Å². The second-order valence-electron chi connectivity index (χ2n) is 4.28. The van der Waals surface area contributed by atoms with Gasteiger partial charge >= 0.3 is 6.72 Å². The molecule has 2 rings (SSSR count). The SMILES string of the molecule is Cc1ccc(OP(O)(=S)Oc2ccc(C)cc2)cc1. The fourth-order valence-electron chi connectivity index (χ4n) is 1.48. The van der Waals surface area contributed by atoms with E-state index < -0.39 is 6.72 Å². The van der Waals surface area contributed by atoms with E-state index in [1.165, 1.54) is 0 Å². The molecule has 2 aromatic carbocycles. The van der Waals surface area contributed by atoms with Crippen molar-refractivity contribution in [2.45, 2.75) is 13.8 Å². The highest BCUT2D eigenvalue weighted by molar-refractivity contribution is 8.07. The Morgan fingerprint density at radius 3 is 1.42 bits per heavy atom. The van der Waals surface area contributed by atoms with Gasteiger partial charge in [0.1, 0.15) is 11.5 Å². The molecular weight excluding hydrogens is 279 g/mol. The van der Waals surface area contributed by atoms with Crippen molar-refractivity contribution in [2.24, 2.45) is 0 Å². The zero-order valence-electron chi connectivity index (χ0n) is 10.7. The van der Waals surface area contributed by atoms with Crippen molar-refractivity contribution in [1.82, 2.24) is 0 Å². The van der Waals surface area contributed by atoms with Gasteiger partial charge in [0, 0.05) is 11.8 Å². The average Bonchev–Trinajstić information content (AvgIpc) is 2.34. The molecular formula is C14H15O3PS. The van der Waals surface area contributed by atoms with E-state index in [4.69, 9.17) is 20.9 Å². The highest BCUT2D eigenvalue weighted by Crippen LogP contribution is 2.44. The van der Waals surface area contributed by atoms with Crippen LogP contribution in [0.1, 0.15) is 11.1 Å². The molecule has 0 spiro atoms. The number of benzene rings is 2. The van der Waals surface area contributed by atoms with Crippen LogP contribution in [0.15, 0.2) is 48.5 Å². The largest absolute Gasteiger partial charge is 0.432 e. The molecule has 0 saturated carbocycles. The van der Waals surface area contributed by atoms with E-state index in [1.807, 2.05) is 38.1 Å². The first-order valence-electron chi connectivity index (χ1n) is 5.80. The summed E-state index contributed by atoms with van der Waals surface area (Å²) in [5.74, 6) is 1.01. The van der Waals surface area contributed by atoms with Gasteiger partial charge in [-0.1, -0.05) is 35.4 Å². The molecule has 0 radical (unpaired) electrons. The highest BCUT2D eigenvalue weighted by Gasteiger charge is 2.18. The molecule has 0 heterocycles. The maximum absolute atomic E-state index is 10.0. The van der Waals surface area contributed by atoms with Crippen LogP contribution in [0.25, 0.3) is 0 Å². The lowest BCUT2D eigenvalue weighted by Gasteiger charge is -2.17. The van der Waals surface area contributed by atoms with E-state index in [0.717, 1.165) is 11.1 Å². The molecule has 0 atom stereocenters. The second-order valence-corrected chi connectivity index (χ2v) is 6.96. The van der Waals surface area contributed by atoms with Crippen LogP contribution in [0.2, 0.25) is 0 Å². The number of aryl methyl sites for hydroxylation is 2. The monoisotopic (exact) mass is 294 g/mol. The molecule has 0 fully saturated rings. The first-order valence-corrected chi connectivity index (χ1v) is 8.39. The van der Waals surface area contributed by atoms with Gasteiger partial charge in [-0.2, -0.15) is 0 Å². The van der Waals surface area contributed by atoms with Gasteiger partial charge in [-0.3, -0.25) is 0 Å². The zero-order valence-corrected chi connectivity index (χ0v) is 12.4. The molecule has 100 valence electrons. The molecule has 0 aliphatic heterocycles. The minimum Gasteiger partial charge on any atom is -0.416 e. The maximum atomic E-state index is 10.0. The van der Waals surface area contributed by atoms with Crippen molar-refractivity contribution in [3.8, 4) is 11.5 Å². The maximum Gasteiger partial charge on any atom is 0.432 e. The molecule has 0 bridgehead atoms. The summed E-state index contributed by atoms with van der Waals surface area (Å²) in [7, 11) is 0. The van der Waals surface area contributed by atoms with Crippen molar-refractivity contribution in [3.63, 3.8) is 0 Å². The highest BCUT2D eigenvalue weighted by atomic mass is 32.5. The van der Waals surface area contributed by atoms with Crippen LogP contribution in [0.5, 0.6) is 11.5 Å². The van der Waals surface area contributed by atoms with Crippen LogP contribution in [-0.2, 0) is 11.8 Å². The predicted octanol–water partition coefficient (Wildman–Crippen LogP) is 3.98. The fourth-order valence-corrected chi connectivity index (χ4v) is 2.81. The van der Waals surface area contributed by atoms with E-state index in [-0.39, 0.29) is 0 Å². The van der Waals surface area contributed by atoms with E-state index in [2.05, 4.69) is 0 Å². The van der Waals surface area contributed by atoms with Gasteiger partial charge in [0.15, 0.2) is 0 Å². The van der Waals surface area contributed by atoms with Crippen molar-refractivity contribution >= 4 is 18.5 Å².